The highest BCUT2D eigenvalue weighted by atomic mass is 32.2. The number of amides is 1. The average molecular weight is 379 g/mol. The molecule has 0 unspecified atom stereocenters. The summed E-state index contributed by atoms with van der Waals surface area (Å²) in [5.74, 6) is -0.0530. The van der Waals surface area contributed by atoms with Crippen LogP contribution in [0.3, 0.4) is 0 Å². The molecule has 0 saturated heterocycles. The van der Waals surface area contributed by atoms with Gasteiger partial charge in [0.05, 0.1) is 35.7 Å². The van der Waals surface area contributed by atoms with Gasteiger partial charge in [0.1, 0.15) is 0 Å². The Hall–Kier alpha value is -2.12. The van der Waals surface area contributed by atoms with Crippen molar-refractivity contribution in [1.82, 2.24) is 4.90 Å². The van der Waals surface area contributed by atoms with Crippen molar-refractivity contribution < 1.29 is 22.4 Å². The zero-order chi connectivity index (χ0) is 19.2. The Morgan fingerprint density at radius 3 is 2.38 bits per heavy atom. The number of furan rings is 1. The van der Waals surface area contributed by atoms with Crippen molar-refractivity contribution in [2.45, 2.75) is 37.0 Å². The minimum atomic E-state index is -3.31. The summed E-state index contributed by atoms with van der Waals surface area (Å²) in [6, 6.07) is 8.33. The number of carbonyl (C=O) groups is 1. The van der Waals surface area contributed by atoms with Crippen molar-refractivity contribution in [2.75, 3.05) is 20.3 Å². The molecule has 0 bridgehead atoms. The molecule has 7 heteroatoms. The van der Waals surface area contributed by atoms with Gasteiger partial charge in [-0.2, -0.15) is 0 Å². The van der Waals surface area contributed by atoms with Crippen LogP contribution < -0.4 is 0 Å². The van der Waals surface area contributed by atoms with Gasteiger partial charge < -0.3 is 14.1 Å². The van der Waals surface area contributed by atoms with Gasteiger partial charge in [0.2, 0.25) is 5.91 Å². The molecule has 2 aromatic rings. The third-order valence-electron chi connectivity index (χ3n) is 4.10. The number of hydrogen-bond donors (Lipinski definition) is 0. The Kier molecular flexibility index (Phi) is 6.99. The first-order chi connectivity index (χ1) is 12.3. The van der Waals surface area contributed by atoms with E-state index in [1.54, 1.807) is 62.6 Å². The maximum absolute atomic E-state index is 12.7. The van der Waals surface area contributed by atoms with Crippen LogP contribution >= 0.6 is 0 Å². The Balaban J connectivity index is 2.08. The van der Waals surface area contributed by atoms with Gasteiger partial charge in [-0.3, -0.25) is 4.79 Å². The Labute approximate surface area is 154 Å². The first kappa shape index (κ1) is 20.2. The van der Waals surface area contributed by atoms with Crippen LogP contribution in [0, 0.1) is 0 Å². The highest BCUT2D eigenvalue weighted by molar-refractivity contribution is 7.92. The summed E-state index contributed by atoms with van der Waals surface area (Å²) in [7, 11) is -1.72. The van der Waals surface area contributed by atoms with Gasteiger partial charge in [-0.25, -0.2) is 8.42 Å². The predicted molar refractivity (Wildman–Crippen MR) is 98.5 cm³/mol. The van der Waals surface area contributed by atoms with Gasteiger partial charge in [-0.1, -0.05) is 12.1 Å². The fourth-order valence-corrected chi connectivity index (χ4v) is 3.51. The lowest BCUT2D eigenvalue weighted by molar-refractivity contribution is -0.131. The summed E-state index contributed by atoms with van der Waals surface area (Å²) in [6.07, 6.45) is 3.38. The monoisotopic (exact) mass is 379 g/mol. The van der Waals surface area contributed by atoms with Crippen LogP contribution in [0.15, 0.2) is 52.2 Å². The van der Waals surface area contributed by atoms with E-state index in [9.17, 15) is 13.2 Å². The molecule has 6 nitrogen and oxygen atoms in total. The van der Waals surface area contributed by atoms with Crippen molar-refractivity contribution >= 4 is 15.7 Å². The second-order valence-electron chi connectivity index (χ2n) is 6.35. The van der Waals surface area contributed by atoms with Crippen LogP contribution in [0.5, 0.6) is 0 Å². The molecule has 0 saturated carbocycles. The predicted octanol–water partition coefficient (Wildman–Crippen LogP) is 2.68. The summed E-state index contributed by atoms with van der Waals surface area (Å²) in [5.41, 5.74) is 1.68. The minimum Gasteiger partial charge on any atom is -0.472 e. The lowest BCUT2D eigenvalue weighted by atomic mass is 10.1. The minimum absolute atomic E-state index is 0.0530. The molecule has 0 spiro atoms. The molecule has 1 aromatic heterocycles. The Bertz CT molecular complexity index is 795. The smallest absolute Gasteiger partial charge is 0.227 e. The quantitative estimate of drug-likeness (QED) is 0.669. The third kappa shape index (κ3) is 5.19. The lowest BCUT2D eigenvalue weighted by Gasteiger charge is -2.22. The first-order valence-electron chi connectivity index (χ1n) is 8.45. The van der Waals surface area contributed by atoms with Crippen molar-refractivity contribution in [3.8, 4) is 0 Å². The van der Waals surface area contributed by atoms with Crippen molar-refractivity contribution in [3.05, 3.63) is 54.0 Å². The third-order valence-corrected chi connectivity index (χ3v) is 6.27. The summed E-state index contributed by atoms with van der Waals surface area (Å²) in [6.45, 7) is 4.65. The summed E-state index contributed by atoms with van der Waals surface area (Å²) >= 11 is 0. The van der Waals surface area contributed by atoms with Gasteiger partial charge in [0, 0.05) is 25.8 Å². The molecule has 0 N–H and O–H groups in total. The van der Waals surface area contributed by atoms with E-state index in [0.29, 0.717) is 19.7 Å². The van der Waals surface area contributed by atoms with Crippen LogP contribution in [-0.4, -0.2) is 44.7 Å². The number of benzene rings is 1. The number of hydrogen-bond acceptors (Lipinski definition) is 5. The van der Waals surface area contributed by atoms with Crippen LogP contribution in [0.25, 0.3) is 0 Å². The van der Waals surface area contributed by atoms with Crippen molar-refractivity contribution in [3.63, 3.8) is 0 Å². The van der Waals surface area contributed by atoms with Crippen molar-refractivity contribution in [2.24, 2.45) is 0 Å². The molecule has 0 aliphatic carbocycles. The number of methoxy groups -OCH3 is 1. The Morgan fingerprint density at radius 1 is 1.15 bits per heavy atom. The first-order valence-corrected chi connectivity index (χ1v) is 10.00. The van der Waals surface area contributed by atoms with E-state index in [1.165, 1.54) is 0 Å². The average Bonchev–Trinajstić information content (AvgIpc) is 3.12. The van der Waals surface area contributed by atoms with Crippen molar-refractivity contribution in [1.29, 1.82) is 0 Å². The molecular formula is C19H25NO5S. The number of sulfone groups is 1. The van der Waals surface area contributed by atoms with E-state index in [4.69, 9.17) is 9.15 Å². The normalized spacial score (nSPS) is 11.7. The van der Waals surface area contributed by atoms with Crippen LogP contribution in [-0.2, 0) is 32.3 Å². The standard InChI is InChI=1S/C19H25NO5S/c1-15(2)26(22,23)18-6-4-16(5-7-18)12-19(21)20(9-11-24-3)13-17-8-10-25-14-17/h4-8,10,14-15H,9,11-13H2,1-3H3. The van der Waals surface area contributed by atoms with Crippen LogP contribution in [0.4, 0.5) is 0 Å². The van der Waals surface area contributed by atoms with E-state index in [2.05, 4.69) is 0 Å². The highest BCUT2D eigenvalue weighted by Gasteiger charge is 2.20. The summed E-state index contributed by atoms with van der Waals surface area (Å²) < 4.78 is 34.5. The zero-order valence-electron chi connectivity index (χ0n) is 15.3. The molecule has 0 aliphatic heterocycles. The molecule has 26 heavy (non-hydrogen) atoms. The van der Waals surface area contributed by atoms with E-state index < -0.39 is 15.1 Å². The van der Waals surface area contributed by atoms with Gasteiger partial charge in [-0.05, 0) is 37.6 Å². The number of nitrogens with zero attached hydrogens (tertiary/aromatic N) is 1. The van der Waals surface area contributed by atoms with E-state index >= 15 is 0 Å². The van der Waals surface area contributed by atoms with Gasteiger partial charge in [-0.15, -0.1) is 0 Å². The number of carbonyl (C=O) groups excluding carboxylic acids is 1. The van der Waals surface area contributed by atoms with Gasteiger partial charge >= 0.3 is 0 Å². The molecule has 0 atom stereocenters. The molecule has 0 fully saturated rings. The number of rotatable bonds is 9. The summed E-state index contributed by atoms with van der Waals surface area (Å²) in [5, 5.41) is -0.477. The Morgan fingerprint density at radius 2 is 1.85 bits per heavy atom. The lowest BCUT2D eigenvalue weighted by Crippen LogP contribution is -2.34. The molecule has 1 aromatic carbocycles. The molecule has 1 heterocycles. The van der Waals surface area contributed by atoms with E-state index in [-0.39, 0.29) is 17.2 Å². The molecule has 0 aliphatic rings. The largest absolute Gasteiger partial charge is 0.472 e. The molecule has 142 valence electrons. The topological polar surface area (TPSA) is 76.8 Å². The highest BCUT2D eigenvalue weighted by Crippen LogP contribution is 2.17. The fraction of sp³-hybridized carbons (Fsp3) is 0.421. The van der Waals surface area contributed by atoms with Crippen LogP contribution in [0.2, 0.25) is 0 Å². The summed E-state index contributed by atoms with van der Waals surface area (Å²) in [4.78, 5) is 14.6. The SMILES string of the molecule is COCCN(Cc1ccoc1)C(=O)Cc1ccc(S(=O)(=O)C(C)C)cc1. The van der Waals surface area contributed by atoms with E-state index in [1.807, 2.05) is 6.07 Å². The van der Waals surface area contributed by atoms with E-state index in [0.717, 1.165) is 11.1 Å². The molecular weight excluding hydrogens is 354 g/mol. The molecule has 1 amide bonds. The maximum atomic E-state index is 12.7. The maximum Gasteiger partial charge on any atom is 0.227 e. The van der Waals surface area contributed by atoms with Crippen LogP contribution in [0.1, 0.15) is 25.0 Å². The molecule has 0 radical (unpaired) electrons. The second-order valence-corrected chi connectivity index (χ2v) is 8.86. The number of ether oxygens (including phenoxy) is 1. The van der Waals surface area contributed by atoms with Gasteiger partial charge in [0.15, 0.2) is 9.84 Å². The second kappa shape index (κ2) is 9.00. The van der Waals surface area contributed by atoms with Gasteiger partial charge in [0.25, 0.3) is 0 Å². The molecule has 2 rings (SSSR count). The zero-order valence-corrected chi connectivity index (χ0v) is 16.2. The fourth-order valence-electron chi connectivity index (χ4n) is 2.45.